The number of carbonyl (C=O) groups excluding carboxylic acids is 2. The van der Waals surface area contributed by atoms with Crippen LogP contribution in [0.25, 0.3) is 5.69 Å². The van der Waals surface area contributed by atoms with Gasteiger partial charge in [-0.2, -0.15) is 5.10 Å². The summed E-state index contributed by atoms with van der Waals surface area (Å²) < 4.78 is 6.70. The van der Waals surface area contributed by atoms with Crippen molar-refractivity contribution in [2.45, 2.75) is 32.6 Å². The molecule has 0 fully saturated rings. The van der Waals surface area contributed by atoms with E-state index in [-0.39, 0.29) is 23.9 Å². The second-order valence-electron chi connectivity index (χ2n) is 8.52. The van der Waals surface area contributed by atoms with Crippen LogP contribution in [0.5, 0.6) is 0 Å². The number of aromatic nitrogens is 2. The average molecular weight is 450 g/mol. The maximum Gasteiger partial charge on any atom is 0.319 e. The molecule has 0 unspecified atom stereocenters. The van der Waals surface area contributed by atoms with Crippen LogP contribution in [0.1, 0.15) is 32.9 Å². The minimum atomic E-state index is -0.318. The quantitative estimate of drug-likeness (QED) is 0.622. The first-order chi connectivity index (χ1) is 14.5. The Morgan fingerprint density at radius 2 is 1.90 bits per heavy atom. The van der Waals surface area contributed by atoms with Crippen LogP contribution < -0.4 is 5.32 Å². The summed E-state index contributed by atoms with van der Waals surface area (Å²) in [5.74, 6) is 0.179. The second-order valence-corrected chi connectivity index (χ2v) is 8.93. The van der Waals surface area contributed by atoms with E-state index < -0.39 is 0 Å². The fourth-order valence-corrected chi connectivity index (χ4v) is 3.14. The molecule has 8 nitrogen and oxygen atoms in total. The number of amides is 3. The predicted octanol–water partition coefficient (Wildman–Crippen LogP) is 3.78. The van der Waals surface area contributed by atoms with Crippen LogP contribution in [-0.2, 0) is 14.9 Å². The van der Waals surface area contributed by atoms with Crippen molar-refractivity contribution in [1.82, 2.24) is 19.6 Å². The van der Waals surface area contributed by atoms with Crippen molar-refractivity contribution in [2.24, 2.45) is 0 Å². The lowest BCUT2D eigenvalue weighted by molar-refractivity contribution is -0.117. The van der Waals surface area contributed by atoms with Crippen LogP contribution in [-0.4, -0.2) is 72.4 Å². The summed E-state index contributed by atoms with van der Waals surface area (Å²) in [5.41, 5.74) is 1.25. The number of benzene rings is 1. The Kier molecular flexibility index (Phi) is 8.47. The third-order valence-corrected chi connectivity index (χ3v) is 4.91. The van der Waals surface area contributed by atoms with Gasteiger partial charge in [-0.05, 0) is 18.6 Å². The van der Waals surface area contributed by atoms with Crippen molar-refractivity contribution in [3.05, 3.63) is 41.0 Å². The van der Waals surface area contributed by atoms with Gasteiger partial charge in [0.15, 0.2) is 0 Å². The van der Waals surface area contributed by atoms with Gasteiger partial charge in [0.05, 0.1) is 16.4 Å². The number of carbonyl (C=O) groups is 2. The first-order valence-corrected chi connectivity index (χ1v) is 10.5. The van der Waals surface area contributed by atoms with Gasteiger partial charge in [-0.15, -0.1) is 0 Å². The Bertz CT molecular complexity index is 905. The van der Waals surface area contributed by atoms with Crippen molar-refractivity contribution in [3.63, 3.8) is 0 Å². The Morgan fingerprint density at radius 1 is 1.23 bits per heavy atom. The van der Waals surface area contributed by atoms with Gasteiger partial charge in [-0.3, -0.25) is 4.79 Å². The fourth-order valence-electron chi connectivity index (χ4n) is 2.92. The highest BCUT2D eigenvalue weighted by atomic mass is 35.5. The van der Waals surface area contributed by atoms with Crippen molar-refractivity contribution < 1.29 is 14.3 Å². The molecule has 0 bridgehead atoms. The molecule has 1 aromatic carbocycles. The summed E-state index contributed by atoms with van der Waals surface area (Å²) in [5, 5.41) is 8.10. The SMILES string of the molecule is COCCCN(CC(=O)Nc1cc(C(C)(C)C)nn1-c1ccccc1Cl)C(=O)N(C)C. The number of ether oxygens (including phenoxy) is 1. The smallest absolute Gasteiger partial charge is 0.319 e. The van der Waals surface area contributed by atoms with Gasteiger partial charge in [-0.1, -0.05) is 44.5 Å². The van der Waals surface area contributed by atoms with Gasteiger partial charge in [0.2, 0.25) is 5.91 Å². The van der Waals surface area contributed by atoms with E-state index in [1.54, 1.807) is 32.0 Å². The molecule has 0 atom stereocenters. The summed E-state index contributed by atoms with van der Waals surface area (Å²) in [6.07, 6.45) is 0.634. The van der Waals surface area contributed by atoms with E-state index in [1.165, 1.54) is 9.80 Å². The molecule has 170 valence electrons. The highest BCUT2D eigenvalue weighted by Crippen LogP contribution is 2.29. The molecule has 1 aromatic heterocycles. The number of hydrogen-bond donors (Lipinski definition) is 1. The molecule has 0 saturated heterocycles. The van der Waals surface area contributed by atoms with Crippen molar-refractivity contribution in [2.75, 3.05) is 46.2 Å². The maximum absolute atomic E-state index is 12.9. The Hall–Kier alpha value is -2.58. The fraction of sp³-hybridized carbons (Fsp3) is 0.500. The molecule has 3 amide bonds. The number of nitrogens with one attached hydrogen (secondary N) is 1. The number of methoxy groups -OCH3 is 1. The standard InChI is InChI=1S/C22H32ClN5O3/c1-22(2,3)18-14-19(28(25-18)17-11-8-7-10-16(17)23)24-20(29)15-27(12-9-13-31-6)21(30)26(4)5/h7-8,10-11,14H,9,12-13,15H2,1-6H3,(H,24,29). The first-order valence-electron chi connectivity index (χ1n) is 10.1. The van der Waals surface area contributed by atoms with Crippen LogP contribution in [0.15, 0.2) is 30.3 Å². The number of halogens is 1. The lowest BCUT2D eigenvalue weighted by Gasteiger charge is -2.25. The summed E-state index contributed by atoms with van der Waals surface area (Å²) >= 11 is 6.38. The Morgan fingerprint density at radius 3 is 2.48 bits per heavy atom. The molecule has 0 aliphatic carbocycles. The highest BCUT2D eigenvalue weighted by molar-refractivity contribution is 6.32. The normalized spacial score (nSPS) is 11.3. The number of para-hydroxylation sites is 1. The summed E-state index contributed by atoms with van der Waals surface area (Å²) in [4.78, 5) is 28.3. The molecule has 1 N–H and O–H groups in total. The number of urea groups is 1. The molecular weight excluding hydrogens is 418 g/mol. The minimum Gasteiger partial charge on any atom is -0.385 e. The zero-order chi connectivity index (χ0) is 23.2. The van der Waals surface area contributed by atoms with Gasteiger partial charge in [0, 0.05) is 45.8 Å². The Labute approximate surface area is 189 Å². The van der Waals surface area contributed by atoms with Gasteiger partial charge in [0.25, 0.3) is 0 Å². The minimum absolute atomic E-state index is 0.0840. The van der Waals surface area contributed by atoms with Crippen molar-refractivity contribution in [3.8, 4) is 5.69 Å². The first kappa shape index (κ1) is 24.7. The summed E-state index contributed by atoms with van der Waals surface area (Å²) in [6.45, 7) is 6.98. The van der Waals surface area contributed by atoms with Gasteiger partial charge in [-0.25, -0.2) is 9.48 Å². The predicted molar refractivity (Wildman–Crippen MR) is 123 cm³/mol. The number of rotatable bonds is 8. The molecule has 0 aliphatic rings. The van der Waals surface area contributed by atoms with Gasteiger partial charge < -0.3 is 19.9 Å². The van der Waals surface area contributed by atoms with Crippen LogP contribution in [0.2, 0.25) is 5.02 Å². The lowest BCUT2D eigenvalue weighted by Crippen LogP contribution is -2.44. The molecule has 2 aromatic rings. The molecular formula is C22H32ClN5O3. The van der Waals surface area contributed by atoms with E-state index in [0.717, 1.165) is 5.69 Å². The van der Waals surface area contributed by atoms with Crippen LogP contribution in [0, 0.1) is 0 Å². The van der Waals surface area contributed by atoms with E-state index >= 15 is 0 Å². The van der Waals surface area contributed by atoms with Crippen LogP contribution in [0.3, 0.4) is 0 Å². The molecule has 0 aliphatic heterocycles. The zero-order valence-electron chi connectivity index (χ0n) is 19.1. The highest BCUT2D eigenvalue weighted by Gasteiger charge is 2.24. The molecule has 31 heavy (non-hydrogen) atoms. The van der Waals surface area contributed by atoms with E-state index in [1.807, 2.05) is 45.0 Å². The number of hydrogen-bond acceptors (Lipinski definition) is 4. The second kappa shape index (κ2) is 10.6. The van der Waals surface area contributed by atoms with Gasteiger partial charge in [0.1, 0.15) is 12.4 Å². The summed E-state index contributed by atoms with van der Waals surface area (Å²) in [7, 11) is 4.92. The molecule has 0 saturated carbocycles. The molecule has 9 heteroatoms. The molecule has 0 radical (unpaired) electrons. The average Bonchev–Trinajstić information content (AvgIpc) is 3.11. The van der Waals surface area contributed by atoms with Crippen molar-refractivity contribution >= 4 is 29.4 Å². The van der Waals surface area contributed by atoms with E-state index in [2.05, 4.69) is 10.4 Å². The van der Waals surface area contributed by atoms with Gasteiger partial charge >= 0.3 is 6.03 Å². The monoisotopic (exact) mass is 449 g/mol. The third-order valence-electron chi connectivity index (χ3n) is 4.59. The molecule has 0 spiro atoms. The van der Waals surface area contributed by atoms with E-state index in [4.69, 9.17) is 16.3 Å². The van der Waals surface area contributed by atoms with E-state index in [0.29, 0.717) is 36.1 Å². The van der Waals surface area contributed by atoms with Crippen LogP contribution >= 0.6 is 11.6 Å². The molecule has 2 rings (SSSR count). The Balaban J connectivity index is 2.29. The number of nitrogens with zero attached hydrogens (tertiary/aromatic N) is 4. The maximum atomic E-state index is 12.9. The largest absolute Gasteiger partial charge is 0.385 e. The van der Waals surface area contributed by atoms with E-state index in [9.17, 15) is 9.59 Å². The lowest BCUT2D eigenvalue weighted by atomic mass is 9.92. The third kappa shape index (κ3) is 6.70. The molecule has 1 heterocycles. The zero-order valence-corrected chi connectivity index (χ0v) is 19.9. The van der Waals surface area contributed by atoms with Crippen LogP contribution in [0.4, 0.5) is 10.6 Å². The van der Waals surface area contributed by atoms with Crippen molar-refractivity contribution in [1.29, 1.82) is 0 Å². The topological polar surface area (TPSA) is 79.7 Å². The number of anilines is 1. The summed E-state index contributed by atoms with van der Waals surface area (Å²) in [6, 6.07) is 8.91.